The maximum absolute atomic E-state index is 13.5. The van der Waals surface area contributed by atoms with Crippen LogP contribution in [0.5, 0.6) is 0 Å². The number of carboxylic acid groups (broad SMARTS) is 1. The zero-order valence-corrected chi connectivity index (χ0v) is 12.2. The molecule has 2 aromatic rings. The molecule has 0 unspecified atom stereocenters. The number of aryl methyl sites for hydroxylation is 1. The van der Waals surface area contributed by atoms with Crippen LogP contribution in [0.2, 0.25) is 0 Å². The van der Waals surface area contributed by atoms with Crippen LogP contribution in [0.3, 0.4) is 0 Å². The van der Waals surface area contributed by atoms with Gasteiger partial charge in [-0.1, -0.05) is 19.3 Å². The Balaban J connectivity index is 2.07. The molecular formula is C16H18F2N2O2. The minimum atomic E-state index is -0.931. The summed E-state index contributed by atoms with van der Waals surface area (Å²) in [6.45, 7) is 0.225. The summed E-state index contributed by atoms with van der Waals surface area (Å²) in [7, 11) is 0. The van der Waals surface area contributed by atoms with Crippen LogP contribution in [0.25, 0.3) is 11.0 Å². The van der Waals surface area contributed by atoms with Crippen molar-refractivity contribution in [1.29, 1.82) is 0 Å². The number of rotatable bonds is 4. The largest absolute Gasteiger partial charge is 0.481 e. The van der Waals surface area contributed by atoms with Gasteiger partial charge in [0, 0.05) is 24.6 Å². The molecule has 1 heterocycles. The number of carbonyl (C=O) groups is 1. The van der Waals surface area contributed by atoms with Gasteiger partial charge in [-0.3, -0.25) is 4.79 Å². The molecule has 6 heteroatoms. The highest BCUT2D eigenvalue weighted by molar-refractivity contribution is 5.77. The lowest BCUT2D eigenvalue weighted by Gasteiger charge is -2.22. The van der Waals surface area contributed by atoms with Gasteiger partial charge >= 0.3 is 5.97 Å². The highest BCUT2D eigenvalue weighted by Crippen LogP contribution is 2.34. The topological polar surface area (TPSA) is 55.1 Å². The molecule has 0 radical (unpaired) electrons. The van der Waals surface area contributed by atoms with Gasteiger partial charge in [0.1, 0.15) is 5.82 Å². The first-order valence-electron chi connectivity index (χ1n) is 7.63. The molecule has 0 spiro atoms. The summed E-state index contributed by atoms with van der Waals surface area (Å²) in [5.74, 6) is -1.77. The third-order valence-corrected chi connectivity index (χ3v) is 4.34. The first-order chi connectivity index (χ1) is 10.6. The molecule has 1 aromatic carbocycles. The molecule has 0 aliphatic heterocycles. The molecule has 1 saturated carbocycles. The third-order valence-electron chi connectivity index (χ3n) is 4.34. The number of benzene rings is 1. The van der Waals surface area contributed by atoms with E-state index in [9.17, 15) is 13.6 Å². The predicted molar refractivity (Wildman–Crippen MR) is 77.7 cm³/mol. The Labute approximate surface area is 126 Å². The molecule has 1 aliphatic carbocycles. The van der Waals surface area contributed by atoms with E-state index >= 15 is 0 Å². The smallest absolute Gasteiger partial charge is 0.305 e. The number of aliphatic carboxylic acids is 1. The van der Waals surface area contributed by atoms with Crippen LogP contribution < -0.4 is 0 Å². The van der Waals surface area contributed by atoms with Crippen LogP contribution >= 0.6 is 0 Å². The van der Waals surface area contributed by atoms with E-state index in [-0.39, 0.29) is 18.9 Å². The van der Waals surface area contributed by atoms with Crippen LogP contribution in [-0.2, 0) is 11.3 Å². The van der Waals surface area contributed by atoms with E-state index in [0.717, 1.165) is 43.6 Å². The highest BCUT2D eigenvalue weighted by Gasteiger charge is 2.23. The zero-order valence-electron chi connectivity index (χ0n) is 12.2. The Morgan fingerprint density at radius 3 is 2.59 bits per heavy atom. The summed E-state index contributed by atoms with van der Waals surface area (Å²) in [6, 6.07) is 2.21. The fourth-order valence-corrected chi connectivity index (χ4v) is 3.25. The average molecular weight is 308 g/mol. The van der Waals surface area contributed by atoms with Crippen LogP contribution in [0.1, 0.15) is 50.3 Å². The van der Waals surface area contributed by atoms with Crippen molar-refractivity contribution < 1.29 is 18.7 Å². The fourth-order valence-electron chi connectivity index (χ4n) is 3.25. The quantitative estimate of drug-likeness (QED) is 0.933. The Morgan fingerprint density at radius 1 is 1.23 bits per heavy atom. The summed E-state index contributed by atoms with van der Waals surface area (Å²) in [5, 5.41) is 8.92. The molecule has 1 fully saturated rings. The maximum Gasteiger partial charge on any atom is 0.305 e. The summed E-state index contributed by atoms with van der Waals surface area (Å²) in [6.07, 6.45) is 5.31. The number of hydrogen-bond donors (Lipinski definition) is 1. The van der Waals surface area contributed by atoms with Gasteiger partial charge in [-0.2, -0.15) is 0 Å². The second-order valence-corrected chi connectivity index (χ2v) is 5.86. The Hall–Kier alpha value is -1.98. The molecule has 3 rings (SSSR count). The van der Waals surface area contributed by atoms with Crippen molar-refractivity contribution in [3.8, 4) is 0 Å². The summed E-state index contributed by atoms with van der Waals surface area (Å²) >= 11 is 0. The van der Waals surface area contributed by atoms with Crippen molar-refractivity contribution in [2.45, 2.75) is 51.0 Å². The number of aromatic nitrogens is 2. The molecule has 22 heavy (non-hydrogen) atoms. The van der Waals surface area contributed by atoms with E-state index in [0.29, 0.717) is 11.0 Å². The number of hydrogen-bond acceptors (Lipinski definition) is 2. The van der Waals surface area contributed by atoms with E-state index in [2.05, 4.69) is 4.98 Å². The second-order valence-electron chi connectivity index (χ2n) is 5.86. The van der Waals surface area contributed by atoms with Crippen LogP contribution in [0.4, 0.5) is 8.78 Å². The van der Waals surface area contributed by atoms with E-state index in [1.165, 1.54) is 6.42 Å². The van der Waals surface area contributed by atoms with Gasteiger partial charge in [-0.15, -0.1) is 0 Å². The van der Waals surface area contributed by atoms with Crippen LogP contribution in [0.15, 0.2) is 12.1 Å². The second kappa shape index (κ2) is 6.02. The van der Waals surface area contributed by atoms with Crippen molar-refractivity contribution in [1.82, 2.24) is 9.55 Å². The van der Waals surface area contributed by atoms with Crippen LogP contribution in [-0.4, -0.2) is 20.6 Å². The molecule has 1 aromatic heterocycles. The van der Waals surface area contributed by atoms with Gasteiger partial charge < -0.3 is 9.67 Å². The predicted octanol–water partition coefficient (Wildman–Crippen LogP) is 3.84. The number of carboxylic acids is 1. The molecule has 4 nitrogen and oxygen atoms in total. The average Bonchev–Trinajstić information content (AvgIpc) is 2.84. The molecule has 118 valence electrons. The van der Waals surface area contributed by atoms with E-state index in [1.54, 1.807) is 4.57 Å². The molecular weight excluding hydrogens is 290 g/mol. The molecule has 0 amide bonds. The first-order valence-corrected chi connectivity index (χ1v) is 7.63. The van der Waals surface area contributed by atoms with E-state index in [1.807, 2.05) is 0 Å². The molecule has 0 saturated heterocycles. The standard InChI is InChI=1S/C16H18F2N2O2/c17-11-8-13-14(9-12(11)18)20(7-6-15(21)22)16(19-13)10-4-2-1-3-5-10/h8-10H,1-7H2,(H,21,22). The lowest BCUT2D eigenvalue weighted by Crippen LogP contribution is -2.14. The maximum atomic E-state index is 13.5. The Morgan fingerprint density at radius 2 is 1.91 bits per heavy atom. The molecule has 0 atom stereocenters. The van der Waals surface area contributed by atoms with Gasteiger partial charge in [-0.25, -0.2) is 13.8 Å². The van der Waals surface area contributed by atoms with Crippen molar-refractivity contribution in [2.75, 3.05) is 0 Å². The number of imidazole rings is 1. The van der Waals surface area contributed by atoms with Gasteiger partial charge in [-0.05, 0) is 12.8 Å². The number of fused-ring (bicyclic) bond motifs is 1. The summed E-state index contributed by atoms with van der Waals surface area (Å²) in [4.78, 5) is 15.4. The monoisotopic (exact) mass is 308 g/mol. The number of halogens is 2. The minimum absolute atomic E-state index is 0.0653. The SMILES string of the molecule is O=C(O)CCn1c(C2CCCCC2)nc2cc(F)c(F)cc21. The lowest BCUT2D eigenvalue weighted by atomic mass is 9.88. The third kappa shape index (κ3) is 2.82. The fraction of sp³-hybridized carbons (Fsp3) is 0.500. The molecule has 0 bridgehead atoms. The van der Waals surface area contributed by atoms with Gasteiger partial charge in [0.2, 0.25) is 0 Å². The Bertz CT molecular complexity index is 706. The lowest BCUT2D eigenvalue weighted by molar-refractivity contribution is -0.137. The summed E-state index contributed by atoms with van der Waals surface area (Å²) in [5.41, 5.74) is 0.866. The minimum Gasteiger partial charge on any atom is -0.481 e. The van der Waals surface area contributed by atoms with E-state index < -0.39 is 17.6 Å². The van der Waals surface area contributed by atoms with Crippen LogP contribution in [0, 0.1) is 11.6 Å². The molecule has 1 N–H and O–H groups in total. The highest BCUT2D eigenvalue weighted by atomic mass is 19.2. The van der Waals surface area contributed by atoms with Gasteiger partial charge in [0.15, 0.2) is 11.6 Å². The molecule has 1 aliphatic rings. The first kappa shape index (κ1) is 14.9. The van der Waals surface area contributed by atoms with Gasteiger partial charge in [0.25, 0.3) is 0 Å². The van der Waals surface area contributed by atoms with E-state index in [4.69, 9.17) is 5.11 Å². The normalized spacial score (nSPS) is 16.3. The van der Waals surface area contributed by atoms with Gasteiger partial charge in [0.05, 0.1) is 17.5 Å². The van der Waals surface area contributed by atoms with Crippen molar-refractivity contribution >= 4 is 17.0 Å². The Kier molecular flexibility index (Phi) is 4.09. The van der Waals surface area contributed by atoms with Crippen molar-refractivity contribution in [2.24, 2.45) is 0 Å². The van der Waals surface area contributed by atoms with Crippen molar-refractivity contribution in [3.05, 3.63) is 29.6 Å². The summed E-state index contributed by atoms with van der Waals surface area (Å²) < 4.78 is 28.7. The zero-order chi connectivity index (χ0) is 15.7. The van der Waals surface area contributed by atoms with Crippen molar-refractivity contribution in [3.63, 3.8) is 0 Å². The number of nitrogens with zero attached hydrogens (tertiary/aromatic N) is 2.